The molecule has 1 aromatic carbocycles. The molecule has 1 unspecified atom stereocenters. The van der Waals surface area contributed by atoms with Gasteiger partial charge in [0.1, 0.15) is 0 Å². The molecule has 132 valence electrons. The van der Waals surface area contributed by atoms with Crippen molar-refractivity contribution in [1.82, 2.24) is 16.0 Å². The molecule has 3 N–H and O–H groups in total. The van der Waals surface area contributed by atoms with Crippen molar-refractivity contribution >= 4 is 33.5 Å². The molecule has 2 rings (SSSR count). The zero-order valence-corrected chi connectivity index (χ0v) is 15.9. The number of nitrogens with zero attached hydrogens (tertiary/aromatic N) is 2. The molecule has 0 saturated carbocycles. The number of amides is 1. The molecule has 1 amide bonds. The molecule has 1 atom stereocenters. The van der Waals surface area contributed by atoms with Crippen LogP contribution in [0.15, 0.2) is 33.7 Å². The number of carbonyl (C=O) groups excluding carboxylic acids is 1. The van der Waals surface area contributed by atoms with Gasteiger partial charge in [0.05, 0.1) is 6.54 Å². The van der Waals surface area contributed by atoms with E-state index < -0.39 is 0 Å². The second-order valence-corrected chi connectivity index (χ2v) is 6.74. The summed E-state index contributed by atoms with van der Waals surface area (Å²) in [4.78, 5) is 18.2. The summed E-state index contributed by atoms with van der Waals surface area (Å²) in [6.07, 6.45) is 1.98. The fraction of sp³-hybridized carbons (Fsp3) is 0.529. The fourth-order valence-corrected chi connectivity index (χ4v) is 2.91. The predicted octanol–water partition coefficient (Wildman–Crippen LogP) is 1.72. The van der Waals surface area contributed by atoms with Crippen molar-refractivity contribution in [2.45, 2.75) is 25.8 Å². The molecule has 1 aromatic rings. The highest BCUT2D eigenvalue weighted by atomic mass is 79.9. The van der Waals surface area contributed by atoms with E-state index >= 15 is 0 Å². The molecule has 0 bridgehead atoms. The Labute approximate surface area is 152 Å². The number of nitrogens with one attached hydrogen (secondary N) is 3. The van der Waals surface area contributed by atoms with Crippen LogP contribution in [0.1, 0.15) is 19.8 Å². The van der Waals surface area contributed by atoms with Gasteiger partial charge in [-0.25, -0.2) is 0 Å². The second kappa shape index (κ2) is 9.52. The van der Waals surface area contributed by atoms with Gasteiger partial charge in [0, 0.05) is 42.9 Å². The van der Waals surface area contributed by atoms with Gasteiger partial charge in [0.15, 0.2) is 5.96 Å². The highest BCUT2D eigenvalue weighted by Gasteiger charge is 2.23. The van der Waals surface area contributed by atoms with Crippen LogP contribution < -0.4 is 20.9 Å². The van der Waals surface area contributed by atoms with E-state index in [-0.39, 0.29) is 12.5 Å². The van der Waals surface area contributed by atoms with Crippen LogP contribution in [0, 0.1) is 0 Å². The normalized spacial score (nSPS) is 17.7. The zero-order chi connectivity index (χ0) is 17.4. The van der Waals surface area contributed by atoms with Crippen molar-refractivity contribution in [3.05, 3.63) is 28.7 Å². The van der Waals surface area contributed by atoms with Crippen molar-refractivity contribution in [3.8, 4) is 0 Å². The predicted molar refractivity (Wildman–Crippen MR) is 103 cm³/mol. The molecular weight excluding hydrogens is 370 g/mol. The van der Waals surface area contributed by atoms with E-state index in [0.717, 1.165) is 30.4 Å². The molecule has 1 aliphatic rings. The number of halogens is 1. The Kier molecular flexibility index (Phi) is 7.36. The van der Waals surface area contributed by atoms with Crippen LogP contribution in [-0.2, 0) is 4.79 Å². The van der Waals surface area contributed by atoms with E-state index in [1.807, 2.05) is 6.92 Å². The van der Waals surface area contributed by atoms with Gasteiger partial charge >= 0.3 is 0 Å². The van der Waals surface area contributed by atoms with Crippen molar-refractivity contribution in [2.75, 3.05) is 38.1 Å². The Morgan fingerprint density at radius 3 is 2.75 bits per heavy atom. The van der Waals surface area contributed by atoms with Crippen LogP contribution in [-0.4, -0.2) is 51.1 Å². The first-order valence-corrected chi connectivity index (χ1v) is 9.16. The van der Waals surface area contributed by atoms with Crippen LogP contribution in [0.3, 0.4) is 0 Å². The highest BCUT2D eigenvalue weighted by molar-refractivity contribution is 9.10. The number of guanidine groups is 1. The molecule has 7 heteroatoms. The Balaban J connectivity index is 1.78. The van der Waals surface area contributed by atoms with E-state index in [0.29, 0.717) is 18.5 Å². The summed E-state index contributed by atoms with van der Waals surface area (Å²) in [5, 5.41) is 9.31. The van der Waals surface area contributed by atoms with E-state index in [9.17, 15) is 4.79 Å². The summed E-state index contributed by atoms with van der Waals surface area (Å²) in [6.45, 7) is 4.91. The van der Waals surface area contributed by atoms with Gasteiger partial charge in [-0.1, -0.05) is 22.9 Å². The average Bonchev–Trinajstić information content (AvgIpc) is 3.05. The van der Waals surface area contributed by atoms with Crippen molar-refractivity contribution < 1.29 is 4.79 Å². The molecule has 1 fully saturated rings. The standard InChI is InChI=1S/C17H26BrN5O/c1-3-9-20-16(24)11-21-17(19-2)22-14-8-10-23(12-14)15-6-4-13(18)5-7-15/h4-7,14H,3,8-12H2,1-2H3,(H,20,24)(H2,19,21,22). The molecule has 6 nitrogen and oxygen atoms in total. The van der Waals surface area contributed by atoms with E-state index in [1.54, 1.807) is 7.05 Å². The second-order valence-electron chi connectivity index (χ2n) is 5.83. The molecule has 0 radical (unpaired) electrons. The van der Waals surface area contributed by atoms with E-state index in [1.165, 1.54) is 5.69 Å². The first-order valence-electron chi connectivity index (χ1n) is 8.36. The van der Waals surface area contributed by atoms with Gasteiger partial charge in [-0.05, 0) is 37.1 Å². The van der Waals surface area contributed by atoms with Crippen LogP contribution in [0.5, 0.6) is 0 Å². The molecule has 24 heavy (non-hydrogen) atoms. The largest absolute Gasteiger partial charge is 0.369 e. The Morgan fingerprint density at radius 1 is 1.33 bits per heavy atom. The van der Waals surface area contributed by atoms with Crippen molar-refractivity contribution in [3.63, 3.8) is 0 Å². The van der Waals surface area contributed by atoms with Gasteiger partial charge in [-0.15, -0.1) is 0 Å². The summed E-state index contributed by atoms with van der Waals surface area (Å²) in [7, 11) is 1.72. The van der Waals surface area contributed by atoms with Gasteiger partial charge in [0.25, 0.3) is 0 Å². The molecule has 0 aromatic heterocycles. The lowest BCUT2D eigenvalue weighted by molar-refractivity contribution is -0.120. The average molecular weight is 396 g/mol. The monoisotopic (exact) mass is 395 g/mol. The fourth-order valence-electron chi connectivity index (χ4n) is 2.64. The van der Waals surface area contributed by atoms with Crippen molar-refractivity contribution in [2.24, 2.45) is 4.99 Å². The maximum absolute atomic E-state index is 11.7. The highest BCUT2D eigenvalue weighted by Crippen LogP contribution is 2.22. The van der Waals surface area contributed by atoms with Crippen LogP contribution >= 0.6 is 15.9 Å². The van der Waals surface area contributed by atoms with E-state index in [2.05, 4.69) is 66.0 Å². The molecule has 0 aliphatic carbocycles. The maximum atomic E-state index is 11.7. The lowest BCUT2D eigenvalue weighted by atomic mass is 10.3. The number of rotatable bonds is 6. The summed E-state index contributed by atoms with van der Waals surface area (Å²) in [5.74, 6) is 0.659. The lowest BCUT2D eigenvalue weighted by Crippen LogP contribution is -2.47. The zero-order valence-electron chi connectivity index (χ0n) is 14.3. The topological polar surface area (TPSA) is 68.8 Å². The summed E-state index contributed by atoms with van der Waals surface area (Å²) < 4.78 is 1.09. The molecule has 0 spiro atoms. The number of benzene rings is 1. The third-order valence-corrected chi connectivity index (χ3v) is 4.46. The minimum absolute atomic E-state index is 0.0114. The van der Waals surface area contributed by atoms with Gasteiger partial charge in [-0.2, -0.15) is 0 Å². The van der Waals surface area contributed by atoms with Gasteiger partial charge in [0.2, 0.25) is 5.91 Å². The maximum Gasteiger partial charge on any atom is 0.239 e. The summed E-state index contributed by atoms with van der Waals surface area (Å²) in [5.41, 5.74) is 1.23. The minimum atomic E-state index is -0.0114. The number of hydrogen-bond acceptors (Lipinski definition) is 3. The Bertz CT molecular complexity index is 561. The van der Waals surface area contributed by atoms with Crippen LogP contribution in [0.2, 0.25) is 0 Å². The lowest BCUT2D eigenvalue weighted by Gasteiger charge is -2.20. The van der Waals surface area contributed by atoms with Crippen molar-refractivity contribution in [1.29, 1.82) is 0 Å². The third-order valence-electron chi connectivity index (χ3n) is 3.93. The quantitative estimate of drug-likeness (QED) is 0.506. The SMILES string of the molecule is CCCNC(=O)CNC(=NC)NC1CCN(c2ccc(Br)cc2)C1. The molecule has 1 heterocycles. The molecule has 1 saturated heterocycles. The first kappa shape index (κ1) is 18.6. The van der Waals surface area contributed by atoms with Crippen LogP contribution in [0.4, 0.5) is 5.69 Å². The molecular formula is C17H26BrN5O. The minimum Gasteiger partial charge on any atom is -0.369 e. The van der Waals surface area contributed by atoms with Gasteiger partial charge < -0.3 is 20.9 Å². The Hall–Kier alpha value is -1.76. The third kappa shape index (κ3) is 5.70. The smallest absolute Gasteiger partial charge is 0.239 e. The van der Waals surface area contributed by atoms with Crippen LogP contribution in [0.25, 0.3) is 0 Å². The van der Waals surface area contributed by atoms with Gasteiger partial charge in [-0.3, -0.25) is 9.79 Å². The number of aliphatic imine (C=N–C) groups is 1. The summed E-state index contributed by atoms with van der Waals surface area (Å²) in [6, 6.07) is 8.69. The number of anilines is 1. The number of hydrogen-bond donors (Lipinski definition) is 3. The first-order chi connectivity index (χ1) is 11.6. The Morgan fingerprint density at radius 2 is 2.08 bits per heavy atom. The number of carbonyl (C=O) groups is 1. The molecule has 1 aliphatic heterocycles. The summed E-state index contributed by atoms with van der Waals surface area (Å²) >= 11 is 3.46. The van der Waals surface area contributed by atoms with E-state index in [4.69, 9.17) is 0 Å².